The van der Waals surface area contributed by atoms with E-state index in [0.717, 1.165) is 39.5 Å². The van der Waals surface area contributed by atoms with Crippen LogP contribution in [-0.2, 0) is 44.0 Å². The van der Waals surface area contributed by atoms with Crippen molar-refractivity contribution in [1.82, 2.24) is 0 Å². The number of rotatable bonds is 21. The molecule has 15 heteroatoms. The van der Waals surface area contributed by atoms with Crippen molar-refractivity contribution >= 4 is 32.2 Å². The van der Waals surface area contributed by atoms with Crippen LogP contribution in [0.5, 0.6) is 0 Å². The molecule has 0 saturated carbocycles. The first-order chi connectivity index (χ1) is 16.3. The smallest absolute Gasteiger partial charge is 0.747 e. The van der Waals surface area contributed by atoms with Crippen molar-refractivity contribution in [2.45, 2.75) is 115 Å². The second-order valence-electron chi connectivity index (χ2n) is 8.53. The first-order valence-corrected chi connectivity index (χ1v) is 15.1. The van der Waals surface area contributed by atoms with Crippen LogP contribution in [-0.4, -0.2) is 67.9 Å². The van der Waals surface area contributed by atoms with E-state index in [-0.39, 0.29) is 65.7 Å². The van der Waals surface area contributed by atoms with Crippen molar-refractivity contribution in [2.75, 3.05) is 13.2 Å². The van der Waals surface area contributed by atoms with Crippen molar-refractivity contribution < 1.29 is 109 Å². The van der Waals surface area contributed by atoms with Crippen molar-refractivity contribution in [3.63, 3.8) is 0 Å². The maximum Gasteiger partial charge on any atom is 1.00 e. The molecule has 0 saturated heterocycles. The average molecular weight is 591 g/mol. The van der Waals surface area contributed by atoms with E-state index in [0.29, 0.717) is 6.42 Å². The molecule has 11 nitrogen and oxygen atoms in total. The molecule has 0 aliphatic carbocycles. The molecule has 0 N–H and O–H groups in total. The van der Waals surface area contributed by atoms with Crippen LogP contribution < -0.4 is 59.1 Å². The molecule has 3 atom stereocenters. The second-order valence-corrected chi connectivity index (χ2v) is 11.9. The molecular formula is C22H40Na2O11S2. The van der Waals surface area contributed by atoms with E-state index in [2.05, 4.69) is 11.7 Å². The van der Waals surface area contributed by atoms with Crippen LogP contribution in [0.3, 0.4) is 0 Å². The first kappa shape index (κ1) is 42.2. The van der Waals surface area contributed by atoms with E-state index in [1.165, 1.54) is 44.9 Å². The Morgan fingerprint density at radius 1 is 0.676 bits per heavy atom. The van der Waals surface area contributed by atoms with E-state index in [1.807, 2.05) is 0 Å². The summed E-state index contributed by atoms with van der Waals surface area (Å²) in [5.41, 5.74) is 0. The van der Waals surface area contributed by atoms with Gasteiger partial charge in [0.25, 0.3) is 0 Å². The average Bonchev–Trinajstić information content (AvgIpc) is 2.77. The number of carbonyl (C=O) groups is 2. The Bertz CT molecular complexity index is 820. The molecule has 0 radical (unpaired) electrons. The summed E-state index contributed by atoms with van der Waals surface area (Å²) in [6.07, 6.45) is 11.9. The summed E-state index contributed by atoms with van der Waals surface area (Å²) in [5, 5.41) is -4.01. The van der Waals surface area contributed by atoms with Gasteiger partial charge in [0, 0.05) is 0 Å². The fourth-order valence-electron chi connectivity index (χ4n) is 3.00. The molecule has 208 valence electrons. The van der Waals surface area contributed by atoms with Crippen molar-refractivity contribution in [3.05, 3.63) is 0 Å². The number of ether oxygens (including phenoxy) is 3. The number of unbranched alkanes of at least 4 members (excludes halogenated alkanes) is 11. The van der Waals surface area contributed by atoms with E-state index < -0.39 is 55.6 Å². The Morgan fingerprint density at radius 2 is 1.05 bits per heavy atom. The second kappa shape index (κ2) is 23.4. The van der Waals surface area contributed by atoms with Gasteiger partial charge in [-0.3, -0.25) is 9.59 Å². The summed E-state index contributed by atoms with van der Waals surface area (Å²) >= 11 is 0. The number of hydrogen-bond donors (Lipinski definition) is 0. The van der Waals surface area contributed by atoms with Crippen LogP contribution in [0.2, 0.25) is 0 Å². The molecule has 0 aromatic heterocycles. The van der Waals surface area contributed by atoms with Gasteiger partial charge in [-0.05, 0) is 20.3 Å². The van der Waals surface area contributed by atoms with Crippen LogP contribution in [0.15, 0.2) is 0 Å². The third kappa shape index (κ3) is 22.1. The quantitative estimate of drug-likeness (QED) is 0.0438. The Hall–Kier alpha value is 0.720. The molecule has 0 heterocycles. The van der Waals surface area contributed by atoms with Crippen molar-refractivity contribution in [2.24, 2.45) is 0 Å². The van der Waals surface area contributed by atoms with E-state index in [9.17, 15) is 35.5 Å². The van der Waals surface area contributed by atoms with Gasteiger partial charge >= 0.3 is 71.1 Å². The summed E-state index contributed by atoms with van der Waals surface area (Å²) in [7, 11) is -9.91. The molecule has 0 bridgehead atoms. The van der Waals surface area contributed by atoms with Gasteiger partial charge in [0.15, 0.2) is 6.61 Å². The number of carbonyl (C=O) groups excluding carboxylic acids is 2. The maximum atomic E-state index is 11.9. The van der Waals surface area contributed by atoms with Crippen LogP contribution in [0.1, 0.15) is 97.8 Å². The summed E-state index contributed by atoms with van der Waals surface area (Å²) in [6.45, 7) is 3.19. The monoisotopic (exact) mass is 590 g/mol. The molecule has 0 aromatic rings. The van der Waals surface area contributed by atoms with Gasteiger partial charge in [-0.2, -0.15) is 0 Å². The molecule has 3 unspecified atom stereocenters. The predicted octanol–water partition coefficient (Wildman–Crippen LogP) is -3.01. The largest absolute Gasteiger partial charge is 1.00 e. The Morgan fingerprint density at radius 3 is 1.46 bits per heavy atom. The van der Waals surface area contributed by atoms with E-state index >= 15 is 0 Å². The molecule has 37 heavy (non-hydrogen) atoms. The topological polar surface area (TPSA) is 176 Å². The fraction of sp³-hybridized carbons (Fsp3) is 0.909. The molecule has 0 fully saturated rings. The molecular weight excluding hydrogens is 550 g/mol. The zero-order chi connectivity index (χ0) is 26.9. The van der Waals surface area contributed by atoms with Crippen molar-refractivity contribution in [1.29, 1.82) is 0 Å². The van der Waals surface area contributed by atoms with Gasteiger partial charge in [-0.25, -0.2) is 16.8 Å². The minimum absolute atomic E-state index is 0. The van der Waals surface area contributed by atoms with Gasteiger partial charge in [0.05, 0.1) is 6.61 Å². The fourth-order valence-corrected chi connectivity index (χ4v) is 3.60. The van der Waals surface area contributed by atoms with Gasteiger partial charge in [0.2, 0.25) is 6.29 Å². The normalized spacial score (nSPS) is 14.0. The van der Waals surface area contributed by atoms with Gasteiger partial charge in [-0.1, -0.05) is 77.6 Å². The van der Waals surface area contributed by atoms with Crippen LogP contribution in [0, 0.1) is 0 Å². The molecule has 0 amide bonds. The Kier molecular flexibility index (Phi) is 26.7. The minimum atomic E-state index is -4.97. The molecule has 0 spiro atoms. The van der Waals surface area contributed by atoms with Crippen LogP contribution in [0.25, 0.3) is 0 Å². The standard InChI is InChI=1S/C22H42O11S2.2Na/c1-4-5-6-7-8-9-10-11-12-13-14-15-16-31-20(33-22(24)19(3)35(28,29)30)17-32-21(23)18(2)34(25,26)27;;/h18-20H,4-17H2,1-3H3,(H,25,26,27)(H,28,29,30);;/q;2*+1/p-2. The van der Waals surface area contributed by atoms with Crippen LogP contribution in [0.4, 0.5) is 0 Å². The number of hydrogen-bond acceptors (Lipinski definition) is 11. The predicted molar refractivity (Wildman–Crippen MR) is 126 cm³/mol. The summed E-state index contributed by atoms with van der Waals surface area (Å²) in [6, 6.07) is 0. The van der Waals surface area contributed by atoms with Gasteiger partial charge < -0.3 is 23.3 Å². The minimum Gasteiger partial charge on any atom is -0.747 e. The maximum absolute atomic E-state index is 11.9. The third-order valence-electron chi connectivity index (χ3n) is 5.44. The Labute approximate surface area is 266 Å². The first-order valence-electron chi connectivity index (χ1n) is 12.2. The molecule has 0 rings (SSSR count). The molecule has 0 aliphatic heterocycles. The number of esters is 2. The summed E-state index contributed by atoms with van der Waals surface area (Å²) in [5.74, 6) is -2.78. The van der Waals surface area contributed by atoms with Gasteiger partial charge in [-0.15, -0.1) is 0 Å². The van der Waals surface area contributed by atoms with Crippen LogP contribution >= 0.6 is 0 Å². The zero-order valence-electron chi connectivity index (χ0n) is 22.9. The van der Waals surface area contributed by atoms with E-state index in [4.69, 9.17) is 9.47 Å². The SMILES string of the molecule is CCCCCCCCCCCCCCOC(COC(=O)C(C)S(=O)(=O)[O-])OC(=O)C(C)S(=O)(=O)[O-].[Na+].[Na+]. The Balaban J connectivity index is -0.00000578. The molecule has 0 aromatic carbocycles. The van der Waals surface area contributed by atoms with Gasteiger partial charge in [0.1, 0.15) is 30.7 Å². The third-order valence-corrected chi connectivity index (χ3v) is 7.56. The van der Waals surface area contributed by atoms with E-state index in [1.54, 1.807) is 0 Å². The summed E-state index contributed by atoms with van der Waals surface area (Å²) in [4.78, 5) is 23.6. The summed E-state index contributed by atoms with van der Waals surface area (Å²) < 4.78 is 80.7. The zero-order valence-corrected chi connectivity index (χ0v) is 28.6. The van der Waals surface area contributed by atoms with Crippen molar-refractivity contribution in [3.8, 4) is 0 Å². The molecule has 0 aliphatic rings.